The van der Waals surface area contributed by atoms with E-state index in [0.717, 1.165) is 22.9 Å². The van der Waals surface area contributed by atoms with Gasteiger partial charge in [0.2, 0.25) is 0 Å². The molecule has 2 aromatic rings. The number of hydrogen-bond donors (Lipinski definition) is 1. The number of anilines is 1. The van der Waals surface area contributed by atoms with Crippen LogP contribution in [-0.2, 0) is 7.05 Å². The molecule has 18 heavy (non-hydrogen) atoms. The standard InChI is InChI=1S/C14H15N4/c1-10-9-11(6-8-17(10)2)13-15-12-5-4-7-18(3)14(12)16-13/h4-9H,1-3H3/p+1. The monoisotopic (exact) mass is 240 g/mol. The Morgan fingerprint density at radius 1 is 1.39 bits per heavy atom. The number of aromatic amines is 1. The van der Waals surface area contributed by atoms with E-state index < -0.39 is 0 Å². The van der Waals surface area contributed by atoms with E-state index in [1.165, 1.54) is 5.69 Å². The van der Waals surface area contributed by atoms with Crippen molar-refractivity contribution in [3.63, 3.8) is 0 Å². The van der Waals surface area contributed by atoms with Crippen LogP contribution in [0.4, 0.5) is 5.82 Å². The molecule has 0 atom stereocenters. The Morgan fingerprint density at radius 2 is 2.22 bits per heavy atom. The van der Waals surface area contributed by atoms with Gasteiger partial charge in [-0.3, -0.25) is 0 Å². The summed E-state index contributed by atoms with van der Waals surface area (Å²) in [7, 11) is 4.04. The zero-order valence-electron chi connectivity index (χ0n) is 10.8. The molecule has 0 fully saturated rings. The Hall–Kier alpha value is -2.10. The molecule has 2 aromatic heterocycles. The maximum Gasteiger partial charge on any atom is 0.178 e. The van der Waals surface area contributed by atoms with Crippen molar-refractivity contribution >= 4 is 11.9 Å². The second-order valence-electron chi connectivity index (χ2n) is 4.61. The van der Waals surface area contributed by atoms with E-state index in [2.05, 4.69) is 39.8 Å². The first-order chi connectivity index (χ1) is 8.65. The van der Waals surface area contributed by atoms with Crippen molar-refractivity contribution in [1.29, 1.82) is 0 Å². The smallest absolute Gasteiger partial charge is 0.178 e. The van der Waals surface area contributed by atoms with Crippen LogP contribution in [0.5, 0.6) is 0 Å². The predicted molar refractivity (Wildman–Crippen MR) is 71.7 cm³/mol. The van der Waals surface area contributed by atoms with Crippen molar-refractivity contribution in [2.24, 2.45) is 7.05 Å². The van der Waals surface area contributed by atoms with Gasteiger partial charge in [-0.2, -0.15) is 0 Å². The van der Waals surface area contributed by atoms with Crippen LogP contribution in [0.1, 0.15) is 11.4 Å². The van der Waals surface area contributed by atoms with Gasteiger partial charge >= 0.3 is 0 Å². The highest BCUT2D eigenvalue weighted by Crippen LogP contribution is 2.27. The van der Waals surface area contributed by atoms with Crippen LogP contribution in [0.15, 0.2) is 24.4 Å². The van der Waals surface area contributed by atoms with Gasteiger partial charge in [0.1, 0.15) is 12.9 Å². The van der Waals surface area contributed by atoms with Crippen LogP contribution in [0.2, 0.25) is 0 Å². The lowest BCUT2D eigenvalue weighted by Gasteiger charge is -2.17. The number of fused-ring (bicyclic) bond motifs is 1. The summed E-state index contributed by atoms with van der Waals surface area (Å²) in [6, 6.07) is 4.21. The normalized spacial score (nSPS) is 13.8. The Balaban J connectivity index is 2.07. The molecule has 3 heterocycles. The third-order valence-corrected chi connectivity index (χ3v) is 3.29. The van der Waals surface area contributed by atoms with Crippen LogP contribution in [-0.4, -0.2) is 17.0 Å². The predicted octanol–water partition coefficient (Wildman–Crippen LogP) is 1.83. The highest BCUT2D eigenvalue weighted by Gasteiger charge is 2.16. The molecule has 0 bridgehead atoms. The van der Waals surface area contributed by atoms with Crippen molar-refractivity contribution < 1.29 is 4.57 Å². The van der Waals surface area contributed by atoms with Gasteiger partial charge in [0.25, 0.3) is 0 Å². The molecule has 1 aliphatic rings. The molecule has 1 aliphatic heterocycles. The molecule has 0 spiro atoms. The van der Waals surface area contributed by atoms with Crippen LogP contribution in [0.3, 0.4) is 0 Å². The van der Waals surface area contributed by atoms with Gasteiger partial charge in [-0.25, -0.2) is 9.55 Å². The first kappa shape index (κ1) is 11.0. The zero-order valence-corrected chi connectivity index (χ0v) is 10.8. The first-order valence-electron chi connectivity index (χ1n) is 5.96. The number of aryl methyl sites for hydroxylation is 2. The van der Waals surface area contributed by atoms with Crippen molar-refractivity contribution in [3.8, 4) is 11.4 Å². The van der Waals surface area contributed by atoms with Gasteiger partial charge in [-0.1, -0.05) is 6.08 Å². The number of pyridine rings is 1. The Kier molecular flexibility index (Phi) is 2.44. The number of H-pyrrole nitrogens is 1. The van der Waals surface area contributed by atoms with Gasteiger partial charge in [-0.15, -0.1) is 0 Å². The molecule has 0 amide bonds. The van der Waals surface area contributed by atoms with E-state index in [-0.39, 0.29) is 0 Å². The van der Waals surface area contributed by atoms with Crippen LogP contribution >= 0.6 is 0 Å². The summed E-state index contributed by atoms with van der Waals surface area (Å²) in [4.78, 5) is 10.0. The number of rotatable bonds is 1. The van der Waals surface area contributed by atoms with Crippen molar-refractivity contribution in [3.05, 3.63) is 42.3 Å². The molecule has 0 unspecified atom stereocenters. The summed E-state index contributed by atoms with van der Waals surface area (Å²) in [5, 5.41) is 0. The molecular weight excluding hydrogens is 224 g/mol. The maximum atomic E-state index is 4.65. The molecule has 0 aromatic carbocycles. The molecular formula is C14H16N4+. The minimum atomic E-state index is 0.913. The van der Waals surface area contributed by atoms with Gasteiger partial charge < -0.3 is 9.88 Å². The molecule has 0 aliphatic carbocycles. The fourth-order valence-corrected chi connectivity index (χ4v) is 2.07. The number of hydrogen-bond acceptors (Lipinski definition) is 2. The van der Waals surface area contributed by atoms with Gasteiger partial charge in [0.05, 0.1) is 12.2 Å². The van der Waals surface area contributed by atoms with E-state index in [9.17, 15) is 0 Å². The van der Waals surface area contributed by atoms with Crippen molar-refractivity contribution in [2.45, 2.75) is 6.92 Å². The second kappa shape index (κ2) is 3.98. The molecule has 91 valence electrons. The van der Waals surface area contributed by atoms with E-state index in [0.29, 0.717) is 0 Å². The topological polar surface area (TPSA) is 35.8 Å². The summed E-state index contributed by atoms with van der Waals surface area (Å²) in [5.41, 5.74) is 3.38. The lowest BCUT2D eigenvalue weighted by atomic mass is 10.2. The quantitative estimate of drug-likeness (QED) is 0.772. The molecule has 4 nitrogen and oxygen atoms in total. The van der Waals surface area contributed by atoms with Crippen LogP contribution in [0.25, 0.3) is 17.5 Å². The summed E-state index contributed by atoms with van der Waals surface area (Å²) >= 11 is 0. The molecule has 1 radical (unpaired) electrons. The maximum absolute atomic E-state index is 4.65. The number of aromatic nitrogens is 3. The van der Waals surface area contributed by atoms with Gasteiger partial charge in [-0.05, 0) is 6.08 Å². The summed E-state index contributed by atoms with van der Waals surface area (Å²) in [5.74, 6) is 1.88. The highest BCUT2D eigenvalue weighted by molar-refractivity contribution is 5.71. The van der Waals surface area contributed by atoms with E-state index >= 15 is 0 Å². The largest absolute Gasteiger partial charge is 0.349 e. The molecule has 0 saturated heterocycles. The van der Waals surface area contributed by atoms with Gasteiger partial charge in [0.15, 0.2) is 17.7 Å². The zero-order chi connectivity index (χ0) is 12.7. The van der Waals surface area contributed by atoms with E-state index in [1.54, 1.807) is 0 Å². The molecule has 3 rings (SSSR count). The lowest BCUT2D eigenvalue weighted by molar-refractivity contribution is -0.677. The minimum Gasteiger partial charge on any atom is -0.349 e. The summed E-state index contributed by atoms with van der Waals surface area (Å²) < 4.78 is 2.09. The lowest BCUT2D eigenvalue weighted by Crippen LogP contribution is -2.30. The summed E-state index contributed by atoms with van der Waals surface area (Å²) in [6.45, 7) is 4.09. The van der Waals surface area contributed by atoms with Crippen LogP contribution in [0, 0.1) is 13.5 Å². The van der Waals surface area contributed by atoms with E-state index in [1.807, 2.05) is 37.7 Å². The number of imidazole rings is 1. The highest BCUT2D eigenvalue weighted by atomic mass is 15.2. The number of likely N-dealkylation sites (N-methyl/N-ethyl adjacent to an activating group) is 1. The Morgan fingerprint density at radius 3 is 2.94 bits per heavy atom. The van der Waals surface area contributed by atoms with Crippen molar-refractivity contribution in [2.75, 3.05) is 11.9 Å². The summed E-state index contributed by atoms with van der Waals surface area (Å²) in [6.07, 6.45) is 6.11. The van der Waals surface area contributed by atoms with E-state index in [4.69, 9.17) is 0 Å². The Bertz CT molecular complexity index is 625. The fraction of sp³-hybridized carbons (Fsp3) is 0.214. The Labute approximate surface area is 107 Å². The fourth-order valence-electron chi connectivity index (χ4n) is 2.07. The minimum absolute atomic E-state index is 0.913. The average molecular weight is 240 g/mol. The number of nitrogens with one attached hydrogen (secondary N) is 1. The second-order valence-corrected chi connectivity index (χ2v) is 4.61. The third-order valence-electron chi connectivity index (χ3n) is 3.29. The average Bonchev–Trinajstić information content (AvgIpc) is 2.78. The first-order valence-corrected chi connectivity index (χ1v) is 5.96. The molecule has 4 heteroatoms. The number of nitrogens with zero attached hydrogens (tertiary/aromatic N) is 3. The van der Waals surface area contributed by atoms with Gasteiger partial charge in [0, 0.05) is 31.7 Å². The van der Waals surface area contributed by atoms with Crippen LogP contribution < -0.4 is 9.47 Å². The molecule has 0 saturated carbocycles. The SMILES string of the molecule is Cc1cc(-c2nc3c([nH]2)C=C[CH]N3C)cc[n+]1C. The molecule has 1 N–H and O–H groups in total. The third kappa shape index (κ3) is 1.70. The van der Waals surface area contributed by atoms with Crippen molar-refractivity contribution in [1.82, 2.24) is 9.97 Å².